The number of hydrogen-bond acceptors (Lipinski definition) is 8. The zero-order chi connectivity index (χ0) is 15.2. The van der Waals surface area contributed by atoms with E-state index in [9.17, 15) is 9.36 Å². The first-order valence-corrected chi connectivity index (χ1v) is 9.17. The summed E-state index contributed by atoms with van der Waals surface area (Å²) < 4.78 is 19.5. The summed E-state index contributed by atoms with van der Waals surface area (Å²) in [4.78, 5) is 20.2. The minimum absolute atomic E-state index is 0.0636. The molecule has 0 bridgehead atoms. The number of esters is 1. The Hall–Kier alpha value is -1.15. The summed E-state index contributed by atoms with van der Waals surface area (Å²) in [5.74, 6) is -4.43. The van der Waals surface area contributed by atoms with E-state index >= 15 is 0 Å². The van der Waals surface area contributed by atoms with Crippen molar-refractivity contribution in [3.05, 3.63) is 18.5 Å². The van der Waals surface area contributed by atoms with Gasteiger partial charge in [0.05, 0.1) is 7.11 Å². The molecule has 0 aromatic carbocycles. The number of anilines is 1. The molecule has 0 aliphatic heterocycles. The molecule has 0 radical (unpaired) electrons. The van der Waals surface area contributed by atoms with E-state index in [1.165, 1.54) is 13.2 Å². The van der Waals surface area contributed by atoms with E-state index in [0.29, 0.717) is 0 Å². The van der Waals surface area contributed by atoms with E-state index in [-0.39, 0.29) is 23.3 Å². The first-order chi connectivity index (χ1) is 9.37. The number of rotatable bonds is 7. The number of oxime groups is 1. The second-order valence-electron chi connectivity index (χ2n) is 3.01. The lowest BCUT2D eigenvalue weighted by Crippen LogP contribution is -2.19. The van der Waals surface area contributed by atoms with Crippen LogP contribution in [0, 0.1) is 0 Å². The van der Waals surface area contributed by atoms with Crippen LogP contribution in [-0.4, -0.2) is 34.8 Å². The number of carbonyl (C=O) groups is 1. The summed E-state index contributed by atoms with van der Waals surface area (Å²) in [7, 11) is 1.17. The van der Waals surface area contributed by atoms with Crippen LogP contribution in [0.2, 0.25) is 0 Å². The number of carbonyl (C=O) groups excluding carboxylic acids is 1. The van der Waals surface area contributed by atoms with Crippen molar-refractivity contribution in [3.63, 3.8) is 0 Å². The summed E-state index contributed by atoms with van der Waals surface area (Å²) in [6, 6.07) is 0. The smallest absolute Gasteiger partial charge is 0.364 e. The largest absolute Gasteiger partial charge is 0.464 e. The Bertz CT molecular complexity index is 573. The molecule has 1 aromatic rings. The lowest BCUT2D eigenvalue weighted by Gasteiger charge is -2.01. The Kier molecular flexibility index (Phi) is 6.41. The second kappa shape index (κ2) is 7.58. The van der Waals surface area contributed by atoms with E-state index in [1.807, 2.05) is 0 Å². The third-order valence-corrected chi connectivity index (χ3v) is 3.35. The van der Waals surface area contributed by atoms with Crippen molar-refractivity contribution in [2.24, 2.45) is 5.16 Å². The SMILES string of the molecule is C=CCO/N=C(\C(=O)OC)c1nsc(NP(=O)(Cl)Cl)n1. The quantitative estimate of drug-likeness (QED) is 0.199. The molecule has 20 heavy (non-hydrogen) atoms. The van der Waals surface area contributed by atoms with Gasteiger partial charge in [0.2, 0.25) is 16.7 Å². The minimum Gasteiger partial charge on any atom is -0.464 e. The predicted molar refractivity (Wildman–Crippen MR) is 77.5 cm³/mol. The van der Waals surface area contributed by atoms with Crippen LogP contribution in [0.25, 0.3) is 0 Å². The van der Waals surface area contributed by atoms with Gasteiger partial charge in [-0.05, 0) is 22.5 Å². The van der Waals surface area contributed by atoms with Crippen molar-refractivity contribution in [2.75, 3.05) is 18.8 Å². The van der Waals surface area contributed by atoms with Crippen molar-refractivity contribution in [2.45, 2.75) is 0 Å². The van der Waals surface area contributed by atoms with E-state index in [2.05, 4.69) is 30.9 Å². The fraction of sp³-hybridized carbons (Fsp3) is 0.250. The molecule has 0 spiro atoms. The lowest BCUT2D eigenvalue weighted by atomic mass is 10.4. The standard InChI is InChI=1S/C8H9Cl2N4O4PS/c1-3-4-18-12-5(7(15)17-2)6-11-8(20-14-6)13-19(9,10)16/h3H,1,4H2,2H3,(H,11,13,14,16)/b12-5-. The molecular weight excluding hydrogens is 350 g/mol. The highest BCUT2D eigenvalue weighted by Crippen LogP contribution is 2.55. The van der Waals surface area contributed by atoms with Gasteiger partial charge in [0.25, 0.3) is 0 Å². The van der Waals surface area contributed by atoms with Gasteiger partial charge in [0.15, 0.2) is 0 Å². The van der Waals surface area contributed by atoms with E-state index < -0.39 is 12.0 Å². The Morgan fingerprint density at radius 1 is 1.65 bits per heavy atom. The van der Waals surface area contributed by atoms with Crippen molar-refractivity contribution >= 4 is 56.8 Å². The molecule has 0 aliphatic carbocycles. The molecule has 0 saturated heterocycles. The van der Waals surface area contributed by atoms with Crippen LogP contribution in [0.1, 0.15) is 5.82 Å². The molecule has 1 N–H and O–H groups in total. The lowest BCUT2D eigenvalue weighted by molar-refractivity contribution is -0.132. The van der Waals surface area contributed by atoms with Crippen molar-refractivity contribution in [1.82, 2.24) is 9.36 Å². The van der Waals surface area contributed by atoms with Gasteiger partial charge < -0.3 is 9.57 Å². The molecule has 1 heterocycles. The average molecular weight is 359 g/mol. The van der Waals surface area contributed by atoms with Crippen LogP contribution in [-0.2, 0) is 18.9 Å². The molecule has 0 unspecified atom stereocenters. The number of nitrogens with one attached hydrogen (secondary N) is 1. The first-order valence-electron chi connectivity index (χ1n) is 4.88. The Morgan fingerprint density at radius 2 is 2.35 bits per heavy atom. The number of aromatic nitrogens is 2. The van der Waals surface area contributed by atoms with Gasteiger partial charge in [-0.3, -0.25) is 9.65 Å². The van der Waals surface area contributed by atoms with Gasteiger partial charge in [-0.25, -0.2) is 4.79 Å². The second-order valence-corrected chi connectivity index (χ2v) is 8.29. The van der Waals surface area contributed by atoms with Gasteiger partial charge in [0, 0.05) is 11.5 Å². The van der Waals surface area contributed by atoms with Crippen LogP contribution in [0.3, 0.4) is 0 Å². The van der Waals surface area contributed by atoms with Crippen LogP contribution in [0.5, 0.6) is 0 Å². The molecule has 0 atom stereocenters. The van der Waals surface area contributed by atoms with Crippen LogP contribution in [0.4, 0.5) is 5.13 Å². The first kappa shape index (κ1) is 16.9. The zero-order valence-corrected chi connectivity index (χ0v) is 13.3. The fourth-order valence-electron chi connectivity index (χ4n) is 0.897. The van der Waals surface area contributed by atoms with Gasteiger partial charge in [-0.2, -0.15) is 9.36 Å². The third kappa shape index (κ3) is 5.46. The van der Waals surface area contributed by atoms with Gasteiger partial charge >= 0.3 is 12.0 Å². The van der Waals surface area contributed by atoms with Crippen molar-refractivity contribution < 1.29 is 18.9 Å². The highest BCUT2D eigenvalue weighted by atomic mass is 35.9. The van der Waals surface area contributed by atoms with Crippen LogP contribution >= 0.6 is 40.0 Å². The molecule has 0 saturated carbocycles. The number of nitrogens with zero attached hydrogens (tertiary/aromatic N) is 3. The van der Waals surface area contributed by atoms with Gasteiger partial charge in [-0.15, -0.1) is 0 Å². The highest BCUT2D eigenvalue weighted by Gasteiger charge is 2.23. The Morgan fingerprint density at radius 3 is 2.90 bits per heavy atom. The van der Waals surface area contributed by atoms with E-state index in [4.69, 9.17) is 27.3 Å². The molecule has 1 rings (SSSR count). The zero-order valence-electron chi connectivity index (χ0n) is 10.1. The summed E-state index contributed by atoms with van der Waals surface area (Å²) in [5, 5.41) is 5.87. The maximum atomic E-state index is 11.5. The third-order valence-electron chi connectivity index (χ3n) is 1.59. The minimum atomic E-state index is -3.56. The van der Waals surface area contributed by atoms with Crippen molar-refractivity contribution in [3.8, 4) is 0 Å². The van der Waals surface area contributed by atoms with E-state index in [1.54, 1.807) is 0 Å². The number of ether oxygens (including phenoxy) is 1. The van der Waals surface area contributed by atoms with E-state index in [0.717, 1.165) is 11.5 Å². The normalized spacial score (nSPS) is 11.8. The maximum absolute atomic E-state index is 11.5. The number of halogens is 2. The molecule has 0 fully saturated rings. The molecule has 0 amide bonds. The number of hydrogen-bond donors (Lipinski definition) is 1. The monoisotopic (exact) mass is 358 g/mol. The molecule has 0 aliphatic rings. The summed E-state index contributed by atoms with van der Waals surface area (Å²) in [6.07, 6.45) is 1.44. The highest BCUT2D eigenvalue weighted by molar-refractivity contribution is 8.09. The molecule has 8 nitrogen and oxygen atoms in total. The summed E-state index contributed by atoms with van der Waals surface area (Å²) in [6.45, 7) is 3.52. The molecule has 1 aromatic heterocycles. The van der Waals surface area contributed by atoms with Crippen LogP contribution in [0.15, 0.2) is 17.8 Å². The summed E-state index contributed by atoms with van der Waals surface area (Å²) in [5.41, 5.74) is -0.252. The molecule has 12 heteroatoms. The van der Waals surface area contributed by atoms with Crippen LogP contribution < -0.4 is 5.09 Å². The molecule has 110 valence electrons. The van der Waals surface area contributed by atoms with Gasteiger partial charge in [0.1, 0.15) is 6.61 Å². The maximum Gasteiger partial charge on any atom is 0.364 e. The van der Waals surface area contributed by atoms with Gasteiger partial charge in [-0.1, -0.05) is 17.8 Å². The fourth-order valence-corrected chi connectivity index (χ4v) is 2.93. The van der Waals surface area contributed by atoms with Crippen molar-refractivity contribution in [1.29, 1.82) is 0 Å². The Labute approximate surface area is 127 Å². The summed E-state index contributed by atoms with van der Waals surface area (Å²) >= 11 is 11.5. The average Bonchev–Trinajstić information content (AvgIpc) is 2.79. The Balaban J connectivity index is 2.97. The predicted octanol–water partition coefficient (Wildman–Crippen LogP) is 2.62. The topological polar surface area (TPSA) is 103 Å². The number of methoxy groups -OCH3 is 1. The molecular formula is C8H9Cl2N4O4PS.